The molecule has 0 heterocycles. The summed E-state index contributed by atoms with van der Waals surface area (Å²) in [5.74, 6) is -0.629. The summed E-state index contributed by atoms with van der Waals surface area (Å²) in [5, 5.41) is 10.3. The number of fused-ring (bicyclic) bond motifs is 1. The maximum Gasteiger partial charge on any atom is 0.321 e. The number of sulfonamides is 1. The molecule has 0 saturated carbocycles. The zero-order valence-corrected chi connectivity index (χ0v) is 13.8. The van der Waals surface area contributed by atoms with E-state index in [0.29, 0.717) is 22.9 Å². The van der Waals surface area contributed by atoms with Crippen LogP contribution in [0.3, 0.4) is 0 Å². The molecular formula is C16H19NO5S. The van der Waals surface area contributed by atoms with Crippen molar-refractivity contribution in [2.75, 3.05) is 7.11 Å². The van der Waals surface area contributed by atoms with E-state index in [1.807, 2.05) is 0 Å². The number of ether oxygens (including phenoxy) is 1. The summed E-state index contributed by atoms with van der Waals surface area (Å²) in [6.45, 7) is 1.80. The number of carboxylic acid groups (broad SMARTS) is 1. The molecule has 0 spiro atoms. The van der Waals surface area contributed by atoms with Gasteiger partial charge in [-0.1, -0.05) is 37.6 Å². The summed E-state index contributed by atoms with van der Waals surface area (Å²) < 4.78 is 32.8. The molecule has 0 aliphatic carbocycles. The van der Waals surface area contributed by atoms with E-state index in [1.165, 1.54) is 13.2 Å². The maximum absolute atomic E-state index is 12.6. The van der Waals surface area contributed by atoms with Gasteiger partial charge in [0.1, 0.15) is 11.8 Å². The molecule has 23 heavy (non-hydrogen) atoms. The monoisotopic (exact) mass is 337 g/mol. The lowest BCUT2D eigenvalue weighted by Crippen LogP contribution is -2.40. The molecule has 7 heteroatoms. The highest BCUT2D eigenvalue weighted by Gasteiger charge is 2.26. The van der Waals surface area contributed by atoms with Crippen molar-refractivity contribution in [3.63, 3.8) is 0 Å². The van der Waals surface area contributed by atoms with Crippen LogP contribution in [0, 0.1) is 0 Å². The molecule has 0 aliphatic rings. The predicted octanol–water partition coefficient (Wildman–Crippen LogP) is 2.38. The van der Waals surface area contributed by atoms with Gasteiger partial charge in [-0.2, -0.15) is 4.72 Å². The Balaban J connectivity index is 2.52. The van der Waals surface area contributed by atoms with Gasteiger partial charge in [0.25, 0.3) is 0 Å². The normalized spacial score (nSPS) is 13.0. The smallest absolute Gasteiger partial charge is 0.321 e. The lowest BCUT2D eigenvalue weighted by atomic mass is 10.1. The van der Waals surface area contributed by atoms with Crippen molar-refractivity contribution in [2.45, 2.75) is 30.7 Å². The van der Waals surface area contributed by atoms with Crippen molar-refractivity contribution in [1.29, 1.82) is 0 Å². The van der Waals surface area contributed by atoms with Crippen LogP contribution >= 0.6 is 0 Å². The second-order valence-corrected chi connectivity index (χ2v) is 6.79. The van der Waals surface area contributed by atoms with Gasteiger partial charge in [-0.25, -0.2) is 8.42 Å². The van der Waals surface area contributed by atoms with Crippen LogP contribution in [0.25, 0.3) is 10.8 Å². The molecule has 0 aliphatic heterocycles. The largest absolute Gasteiger partial charge is 0.496 e. The van der Waals surface area contributed by atoms with Crippen LogP contribution in [0.5, 0.6) is 5.75 Å². The quantitative estimate of drug-likeness (QED) is 0.809. The van der Waals surface area contributed by atoms with Crippen LogP contribution in [0.1, 0.15) is 19.8 Å². The first kappa shape index (κ1) is 17.2. The number of hydrogen-bond donors (Lipinski definition) is 2. The number of aliphatic carboxylic acids is 1. The van der Waals surface area contributed by atoms with E-state index in [-0.39, 0.29) is 11.3 Å². The van der Waals surface area contributed by atoms with Crippen molar-refractivity contribution in [3.8, 4) is 5.75 Å². The Labute approximate surface area is 135 Å². The molecule has 0 aromatic heterocycles. The molecule has 1 atom stereocenters. The fourth-order valence-corrected chi connectivity index (χ4v) is 3.86. The van der Waals surface area contributed by atoms with Crippen LogP contribution in [-0.2, 0) is 14.8 Å². The fraction of sp³-hybridized carbons (Fsp3) is 0.312. The third-order valence-corrected chi connectivity index (χ3v) is 5.06. The Morgan fingerprint density at radius 1 is 1.22 bits per heavy atom. The molecule has 2 aromatic rings. The first-order valence-corrected chi connectivity index (χ1v) is 8.70. The minimum absolute atomic E-state index is 0.0382. The number of rotatable bonds is 7. The summed E-state index contributed by atoms with van der Waals surface area (Å²) in [5.41, 5.74) is 0. The molecular weight excluding hydrogens is 318 g/mol. The molecule has 0 radical (unpaired) electrons. The second kappa shape index (κ2) is 6.97. The van der Waals surface area contributed by atoms with Gasteiger partial charge in [0.05, 0.1) is 12.0 Å². The molecule has 0 fully saturated rings. The van der Waals surface area contributed by atoms with Crippen LogP contribution < -0.4 is 9.46 Å². The van der Waals surface area contributed by atoms with Crippen molar-refractivity contribution in [3.05, 3.63) is 36.4 Å². The van der Waals surface area contributed by atoms with E-state index < -0.39 is 22.0 Å². The van der Waals surface area contributed by atoms with Gasteiger partial charge in [0, 0.05) is 10.8 Å². The fourth-order valence-electron chi connectivity index (χ4n) is 2.43. The molecule has 0 bridgehead atoms. The number of methoxy groups -OCH3 is 1. The Hall–Kier alpha value is -2.12. The number of nitrogens with one attached hydrogen (secondary N) is 1. The average molecular weight is 337 g/mol. The molecule has 6 nitrogen and oxygen atoms in total. The van der Waals surface area contributed by atoms with Crippen LogP contribution in [0.4, 0.5) is 0 Å². The van der Waals surface area contributed by atoms with Crippen molar-refractivity contribution in [2.24, 2.45) is 0 Å². The standard InChI is InChI=1S/C16H19NO5S/c1-3-6-13(16(18)19)17-23(20,21)15-10-9-14(22-2)11-7-4-5-8-12(11)15/h4-5,7-10,13,17H,3,6H2,1-2H3,(H,18,19). The van der Waals surface area contributed by atoms with Gasteiger partial charge < -0.3 is 9.84 Å². The van der Waals surface area contributed by atoms with Crippen LogP contribution in [0.2, 0.25) is 0 Å². The van der Waals surface area contributed by atoms with E-state index in [0.717, 1.165) is 0 Å². The minimum atomic E-state index is -3.96. The first-order valence-electron chi connectivity index (χ1n) is 7.21. The number of carboxylic acids is 1. The Kier molecular flexibility index (Phi) is 5.23. The van der Waals surface area contributed by atoms with Crippen molar-refractivity contribution < 1.29 is 23.1 Å². The molecule has 2 N–H and O–H groups in total. The Morgan fingerprint density at radius 3 is 2.43 bits per heavy atom. The zero-order valence-electron chi connectivity index (χ0n) is 12.9. The number of benzene rings is 2. The lowest BCUT2D eigenvalue weighted by molar-refractivity contribution is -0.139. The highest BCUT2D eigenvalue weighted by Crippen LogP contribution is 2.30. The SMILES string of the molecule is CCCC(NS(=O)(=O)c1ccc(OC)c2ccccc12)C(=O)O. The van der Waals surface area contributed by atoms with Crippen LogP contribution in [-0.4, -0.2) is 32.6 Å². The summed E-state index contributed by atoms with van der Waals surface area (Å²) in [6, 6.07) is 8.77. The molecule has 0 saturated heterocycles. The topological polar surface area (TPSA) is 92.7 Å². The van der Waals surface area contributed by atoms with Crippen molar-refractivity contribution >= 4 is 26.8 Å². The number of hydrogen-bond acceptors (Lipinski definition) is 4. The molecule has 124 valence electrons. The summed E-state index contributed by atoms with van der Waals surface area (Å²) in [4.78, 5) is 11.3. The van der Waals surface area contributed by atoms with Gasteiger partial charge in [0.2, 0.25) is 10.0 Å². The molecule has 2 aromatic carbocycles. The van der Waals surface area contributed by atoms with E-state index in [4.69, 9.17) is 9.84 Å². The van der Waals surface area contributed by atoms with Crippen LogP contribution in [0.15, 0.2) is 41.3 Å². The van der Waals surface area contributed by atoms with Gasteiger partial charge in [0.15, 0.2) is 0 Å². The summed E-state index contributed by atoms with van der Waals surface area (Å²) in [6.07, 6.45) is 0.783. The molecule has 0 amide bonds. The maximum atomic E-state index is 12.6. The zero-order chi connectivity index (χ0) is 17.0. The van der Waals surface area contributed by atoms with E-state index >= 15 is 0 Å². The first-order chi connectivity index (χ1) is 10.9. The predicted molar refractivity (Wildman–Crippen MR) is 87.2 cm³/mol. The summed E-state index contributed by atoms with van der Waals surface area (Å²) in [7, 11) is -2.45. The van der Waals surface area contributed by atoms with E-state index in [9.17, 15) is 13.2 Å². The van der Waals surface area contributed by atoms with Gasteiger partial charge in [-0.05, 0) is 18.6 Å². The van der Waals surface area contributed by atoms with Crippen molar-refractivity contribution in [1.82, 2.24) is 4.72 Å². The highest BCUT2D eigenvalue weighted by atomic mass is 32.2. The minimum Gasteiger partial charge on any atom is -0.496 e. The second-order valence-electron chi connectivity index (χ2n) is 5.11. The average Bonchev–Trinajstić information content (AvgIpc) is 2.53. The van der Waals surface area contributed by atoms with E-state index in [1.54, 1.807) is 37.3 Å². The molecule has 1 unspecified atom stereocenters. The lowest BCUT2D eigenvalue weighted by Gasteiger charge is -2.16. The highest BCUT2D eigenvalue weighted by molar-refractivity contribution is 7.89. The number of carbonyl (C=O) groups is 1. The van der Waals surface area contributed by atoms with Gasteiger partial charge in [-0.3, -0.25) is 4.79 Å². The molecule has 2 rings (SSSR count). The van der Waals surface area contributed by atoms with Gasteiger partial charge in [-0.15, -0.1) is 0 Å². The third-order valence-electron chi connectivity index (χ3n) is 3.53. The summed E-state index contributed by atoms with van der Waals surface area (Å²) >= 11 is 0. The van der Waals surface area contributed by atoms with E-state index in [2.05, 4.69) is 4.72 Å². The van der Waals surface area contributed by atoms with Gasteiger partial charge >= 0.3 is 5.97 Å². The Morgan fingerprint density at radius 2 is 1.87 bits per heavy atom. The third kappa shape index (κ3) is 3.62. The Bertz CT molecular complexity index is 816.